The molecule has 2 aliphatic heterocycles. The van der Waals surface area contributed by atoms with Gasteiger partial charge in [0.15, 0.2) is 0 Å². The van der Waals surface area contributed by atoms with Crippen molar-refractivity contribution >= 4 is 11.8 Å². The van der Waals surface area contributed by atoms with Crippen LogP contribution >= 0.6 is 0 Å². The number of rotatable bonds is 8. The predicted molar refractivity (Wildman–Crippen MR) is 155 cm³/mol. The molecule has 212 valence electrons. The first kappa shape index (κ1) is 29.0. The van der Waals surface area contributed by atoms with Gasteiger partial charge >= 0.3 is 0 Å². The number of hydrogen-bond donors (Lipinski definition) is 2. The van der Waals surface area contributed by atoms with Crippen LogP contribution in [0.3, 0.4) is 0 Å². The minimum atomic E-state index is -0.151. The lowest BCUT2D eigenvalue weighted by molar-refractivity contribution is -0.133. The van der Waals surface area contributed by atoms with E-state index in [1.807, 2.05) is 34.1 Å². The lowest BCUT2D eigenvalue weighted by Crippen LogP contribution is -2.43. The molecule has 2 aromatic carbocycles. The third-order valence-corrected chi connectivity index (χ3v) is 9.41. The van der Waals surface area contributed by atoms with Crippen molar-refractivity contribution in [2.75, 3.05) is 26.2 Å². The van der Waals surface area contributed by atoms with Gasteiger partial charge < -0.3 is 20.0 Å². The zero-order valence-corrected chi connectivity index (χ0v) is 23.8. The van der Waals surface area contributed by atoms with Crippen molar-refractivity contribution in [3.05, 3.63) is 59.7 Å². The molecule has 2 aliphatic rings. The van der Waals surface area contributed by atoms with E-state index < -0.39 is 0 Å². The van der Waals surface area contributed by atoms with Gasteiger partial charge in [0.1, 0.15) is 11.5 Å². The quantitative estimate of drug-likeness (QED) is 0.417. The third-order valence-electron chi connectivity index (χ3n) is 9.41. The Morgan fingerprint density at radius 3 is 1.54 bits per heavy atom. The zero-order chi connectivity index (χ0) is 27.9. The van der Waals surface area contributed by atoms with Crippen molar-refractivity contribution in [2.24, 2.45) is 0 Å². The number of likely N-dealkylation sites (tertiary alicyclic amines) is 2. The summed E-state index contributed by atoms with van der Waals surface area (Å²) in [6.07, 6.45) is 9.21. The summed E-state index contributed by atoms with van der Waals surface area (Å²) >= 11 is 0. The van der Waals surface area contributed by atoms with Gasteiger partial charge in [-0.2, -0.15) is 0 Å². The Labute approximate surface area is 234 Å². The Balaban J connectivity index is 1.37. The number of hydrogen-bond acceptors (Lipinski definition) is 4. The van der Waals surface area contributed by atoms with Gasteiger partial charge in [-0.05, 0) is 80.3 Å². The van der Waals surface area contributed by atoms with Gasteiger partial charge in [-0.15, -0.1) is 0 Å². The van der Waals surface area contributed by atoms with Gasteiger partial charge in [0.2, 0.25) is 11.8 Å². The van der Waals surface area contributed by atoms with Crippen LogP contribution in [0.5, 0.6) is 11.5 Å². The molecule has 0 bridgehead atoms. The molecule has 0 aliphatic carbocycles. The molecule has 2 aromatic rings. The monoisotopic (exact) mass is 534 g/mol. The maximum Gasteiger partial charge on any atom is 0.222 e. The van der Waals surface area contributed by atoms with E-state index in [1.54, 1.807) is 12.1 Å². The Kier molecular flexibility index (Phi) is 9.58. The van der Waals surface area contributed by atoms with Crippen LogP contribution in [0.15, 0.2) is 48.5 Å². The second-order valence-electron chi connectivity index (χ2n) is 11.8. The minimum absolute atomic E-state index is 0.126. The maximum absolute atomic E-state index is 13.4. The van der Waals surface area contributed by atoms with Gasteiger partial charge in [0, 0.05) is 49.9 Å². The molecule has 0 unspecified atom stereocenters. The number of aromatic hydroxyl groups is 2. The molecule has 0 aromatic heterocycles. The lowest BCUT2D eigenvalue weighted by atomic mass is 9.74. The predicted octanol–water partition coefficient (Wildman–Crippen LogP) is 6.29. The number of amides is 2. The second-order valence-corrected chi connectivity index (χ2v) is 11.8. The highest BCUT2D eigenvalue weighted by Crippen LogP contribution is 2.39. The van der Waals surface area contributed by atoms with Crippen LogP contribution in [0, 0.1) is 0 Å². The fourth-order valence-corrected chi connectivity index (χ4v) is 6.84. The van der Waals surface area contributed by atoms with Crippen molar-refractivity contribution in [3.63, 3.8) is 0 Å². The highest BCUT2D eigenvalue weighted by Gasteiger charge is 2.37. The average molecular weight is 535 g/mol. The maximum atomic E-state index is 13.4. The van der Waals surface area contributed by atoms with Gasteiger partial charge in [0.05, 0.1) is 0 Å². The summed E-state index contributed by atoms with van der Waals surface area (Å²) in [5.74, 6) is 0.790. The van der Waals surface area contributed by atoms with Crippen molar-refractivity contribution < 1.29 is 19.8 Å². The van der Waals surface area contributed by atoms with E-state index in [0.717, 1.165) is 75.6 Å². The molecule has 6 nitrogen and oxygen atoms in total. The van der Waals surface area contributed by atoms with Crippen molar-refractivity contribution in [2.45, 2.75) is 95.3 Å². The van der Waals surface area contributed by atoms with Gasteiger partial charge in [0.25, 0.3) is 0 Å². The molecule has 2 amide bonds. The fraction of sp³-hybridized carbons (Fsp3) is 0.576. The number of phenolic OH excluding ortho intramolecular Hbond substituents is 2. The first-order valence-corrected chi connectivity index (χ1v) is 15.0. The second kappa shape index (κ2) is 12.9. The normalized spacial score (nSPS) is 24.2. The largest absolute Gasteiger partial charge is 0.508 e. The minimum Gasteiger partial charge on any atom is -0.508 e. The number of benzene rings is 2. The van der Waals surface area contributed by atoms with E-state index in [9.17, 15) is 19.8 Å². The third kappa shape index (κ3) is 6.77. The topological polar surface area (TPSA) is 81.1 Å². The fourth-order valence-electron chi connectivity index (χ4n) is 6.84. The Morgan fingerprint density at radius 1 is 0.718 bits per heavy atom. The van der Waals surface area contributed by atoms with Crippen LogP contribution in [0.2, 0.25) is 0 Å². The Hall–Kier alpha value is -3.02. The number of carbonyl (C=O) groups is 2. The zero-order valence-electron chi connectivity index (χ0n) is 23.8. The molecule has 2 N–H and O–H groups in total. The van der Waals surface area contributed by atoms with Crippen molar-refractivity contribution in [1.29, 1.82) is 0 Å². The summed E-state index contributed by atoms with van der Waals surface area (Å²) in [7, 11) is 0. The molecule has 2 atom stereocenters. The summed E-state index contributed by atoms with van der Waals surface area (Å²) in [5.41, 5.74) is 1.91. The van der Waals surface area contributed by atoms with Crippen LogP contribution in [0.1, 0.15) is 95.6 Å². The van der Waals surface area contributed by atoms with Gasteiger partial charge in [-0.25, -0.2) is 0 Å². The molecule has 0 spiro atoms. The Bertz CT molecular complexity index is 1050. The summed E-state index contributed by atoms with van der Waals surface area (Å²) < 4.78 is 0. The highest BCUT2D eigenvalue weighted by molar-refractivity contribution is 5.79. The molecule has 4 rings (SSSR count). The molecular weight excluding hydrogens is 488 g/mol. The number of carbonyl (C=O) groups excluding carboxylic acids is 2. The van der Waals surface area contributed by atoms with Crippen molar-refractivity contribution in [3.8, 4) is 11.5 Å². The van der Waals surface area contributed by atoms with Crippen LogP contribution in [0.25, 0.3) is 0 Å². The molecule has 39 heavy (non-hydrogen) atoms. The van der Waals surface area contributed by atoms with Crippen LogP contribution in [-0.4, -0.2) is 58.0 Å². The highest BCUT2D eigenvalue weighted by atomic mass is 16.3. The van der Waals surface area contributed by atoms with E-state index in [0.29, 0.717) is 32.4 Å². The Morgan fingerprint density at radius 2 is 1.15 bits per heavy atom. The summed E-state index contributed by atoms with van der Waals surface area (Å²) in [6, 6.07) is 15.0. The summed E-state index contributed by atoms with van der Waals surface area (Å²) in [4.78, 5) is 30.7. The first-order valence-electron chi connectivity index (χ1n) is 15.0. The number of nitrogens with zero attached hydrogens (tertiary/aromatic N) is 2. The smallest absolute Gasteiger partial charge is 0.222 e. The van der Waals surface area contributed by atoms with E-state index >= 15 is 0 Å². The van der Waals surface area contributed by atoms with Crippen molar-refractivity contribution in [1.82, 2.24) is 9.80 Å². The SMILES string of the molecule is CC[C@@]1(c2cccc(O)c2)CCCCN(C(=O)CCCC(=O)N2CCCC[C@@](CC)(c3cccc(O)c3)C2)C1. The lowest BCUT2D eigenvalue weighted by Gasteiger charge is -2.37. The molecule has 6 heteroatoms. The van der Waals surface area contributed by atoms with E-state index in [1.165, 1.54) is 0 Å². The molecule has 2 saturated heterocycles. The summed E-state index contributed by atoms with van der Waals surface area (Å²) in [6.45, 7) is 7.17. The number of phenols is 2. The first-order chi connectivity index (χ1) is 18.8. The summed E-state index contributed by atoms with van der Waals surface area (Å²) in [5, 5.41) is 20.2. The van der Waals surface area contributed by atoms with Crippen LogP contribution < -0.4 is 0 Å². The molecule has 2 fully saturated rings. The molecular formula is C33H46N2O4. The van der Waals surface area contributed by atoms with E-state index in [2.05, 4.69) is 26.0 Å². The average Bonchev–Trinajstić information content (AvgIpc) is 3.31. The molecule has 2 heterocycles. The van der Waals surface area contributed by atoms with E-state index in [4.69, 9.17) is 0 Å². The molecule has 0 saturated carbocycles. The van der Waals surface area contributed by atoms with Gasteiger partial charge in [-0.3, -0.25) is 9.59 Å². The standard InChI is InChI=1S/C33H46N2O4/c1-3-32(26-12-9-14-28(36)22-26)18-5-7-20-34(24-32)30(38)16-11-17-31(39)35-21-8-6-19-33(4-2,25-35)27-13-10-15-29(37)23-27/h9-10,12-15,22-23,36-37H,3-8,11,16-21,24-25H2,1-2H3/t32-,33-/m1/s1. The van der Waals surface area contributed by atoms with Crippen LogP contribution in [0.4, 0.5) is 0 Å². The molecule has 0 radical (unpaired) electrons. The van der Waals surface area contributed by atoms with Crippen LogP contribution in [-0.2, 0) is 20.4 Å². The van der Waals surface area contributed by atoms with E-state index in [-0.39, 0.29) is 34.1 Å². The van der Waals surface area contributed by atoms with Gasteiger partial charge in [-0.1, -0.05) is 51.0 Å².